The molecule has 0 aliphatic carbocycles. The maximum atomic E-state index is 14.2. The van der Waals surface area contributed by atoms with E-state index >= 15 is 0 Å². The normalized spacial score (nSPS) is 13.0. The van der Waals surface area contributed by atoms with E-state index in [0.717, 1.165) is 18.2 Å². The molecule has 2 rings (SSSR count). The number of halogens is 4. The van der Waals surface area contributed by atoms with Gasteiger partial charge >= 0.3 is 6.36 Å². The standard InChI is InChI=1S/C19H22F4N4O3/c1-18(2,3)15(10-6-7-13(11(20)8-10)30-19(21,22)23)26-16(29)12-9-14(28)25-17(24-12)27(4)5/h6-9,15H,1-5H3,(H,26,29)(H,24,25,28). The first kappa shape index (κ1) is 23.2. The minimum atomic E-state index is -5.03. The maximum absolute atomic E-state index is 14.2. The van der Waals surface area contributed by atoms with Gasteiger partial charge in [0.1, 0.15) is 5.69 Å². The van der Waals surface area contributed by atoms with Crippen molar-refractivity contribution in [1.29, 1.82) is 0 Å². The number of aromatic amines is 1. The first-order chi connectivity index (χ1) is 13.7. The van der Waals surface area contributed by atoms with Crippen LogP contribution in [-0.4, -0.2) is 36.3 Å². The molecular formula is C19H22F4N4O3. The van der Waals surface area contributed by atoms with Crippen LogP contribution in [0.1, 0.15) is 42.9 Å². The van der Waals surface area contributed by atoms with Crippen molar-refractivity contribution in [3.63, 3.8) is 0 Å². The molecule has 30 heavy (non-hydrogen) atoms. The third-order valence-electron chi connectivity index (χ3n) is 4.04. The van der Waals surface area contributed by atoms with Gasteiger partial charge in [0.25, 0.3) is 11.5 Å². The van der Waals surface area contributed by atoms with Gasteiger partial charge in [-0.1, -0.05) is 26.8 Å². The van der Waals surface area contributed by atoms with Crippen LogP contribution in [0, 0.1) is 11.2 Å². The highest BCUT2D eigenvalue weighted by atomic mass is 19.4. The van der Waals surface area contributed by atoms with Crippen LogP contribution in [-0.2, 0) is 0 Å². The van der Waals surface area contributed by atoms with Crippen molar-refractivity contribution in [2.24, 2.45) is 5.41 Å². The summed E-state index contributed by atoms with van der Waals surface area (Å²) in [6.07, 6.45) is -5.03. The van der Waals surface area contributed by atoms with Crippen molar-refractivity contribution < 1.29 is 27.1 Å². The number of nitrogens with one attached hydrogen (secondary N) is 2. The minimum absolute atomic E-state index is 0.158. The number of H-pyrrole nitrogens is 1. The molecule has 164 valence electrons. The Bertz CT molecular complexity index is 981. The van der Waals surface area contributed by atoms with E-state index < -0.39 is 40.9 Å². The van der Waals surface area contributed by atoms with Crippen LogP contribution in [0.5, 0.6) is 5.75 Å². The monoisotopic (exact) mass is 430 g/mol. The largest absolute Gasteiger partial charge is 0.573 e. The third kappa shape index (κ3) is 5.94. The van der Waals surface area contributed by atoms with Crippen LogP contribution in [0.15, 0.2) is 29.1 Å². The highest BCUT2D eigenvalue weighted by molar-refractivity contribution is 5.92. The maximum Gasteiger partial charge on any atom is 0.573 e. The number of carbonyl (C=O) groups is 1. The average molecular weight is 430 g/mol. The second-order valence-corrected chi connectivity index (χ2v) is 7.86. The number of benzene rings is 1. The Morgan fingerprint density at radius 3 is 2.33 bits per heavy atom. The molecule has 0 bridgehead atoms. The molecule has 7 nitrogen and oxygen atoms in total. The quantitative estimate of drug-likeness (QED) is 0.710. The van der Waals surface area contributed by atoms with Gasteiger partial charge in [0, 0.05) is 20.2 Å². The van der Waals surface area contributed by atoms with E-state index in [9.17, 15) is 27.2 Å². The second-order valence-electron chi connectivity index (χ2n) is 7.86. The minimum Gasteiger partial charge on any atom is -0.403 e. The smallest absolute Gasteiger partial charge is 0.403 e. The molecule has 0 aliphatic heterocycles. The van der Waals surface area contributed by atoms with Crippen LogP contribution < -0.4 is 20.5 Å². The average Bonchev–Trinajstić information content (AvgIpc) is 2.58. The summed E-state index contributed by atoms with van der Waals surface area (Å²) in [6, 6.07) is 3.16. The molecule has 1 aromatic heterocycles. The molecule has 1 heterocycles. The molecule has 1 unspecified atom stereocenters. The molecule has 0 saturated heterocycles. The molecule has 0 fully saturated rings. The van der Waals surface area contributed by atoms with E-state index in [2.05, 4.69) is 20.0 Å². The molecule has 11 heteroatoms. The predicted octanol–water partition coefficient (Wildman–Crippen LogP) is 3.39. The van der Waals surface area contributed by atoms with Crippen LogP contribution in [0.3, 0.4) is 0 Å². The summed E-state index contributed by atoms with van der Waals surface area (Å²) in [7, 11) is 3.26. The number of hydrogen-bond donors (Lipinski definition) is 2. The first-order valence-electron chi connectivity index (χ1n) is 8.82. The predicted molar refractivity (Wildman–Crippen MR) is 102 cm³/mol. The fraction of sp³-hybridized carbons (Fsp3) is 0.421. The molecule has 0 saturated carbocycles. The van der Waals surface area contributed by atoms with Gasteiger partial charge in [-0.3, -0.25) is 14.6 Å². The van der Waals surface area contributed by atoms with Gasteiger partial charge in [0.15, 0.2) is 11.6 Å². The topological polar surface area (TPSA) is 87.3 Å². The van der Waals surface area contributed by atoms with Crippen LogP contribution in [0.25, 0.3) is 0 Å². The molecule has 0 spiro atoms. The number of rotatable bonds is 5. The Labute approximate surface area is 170 Å². The van der Waals surface area contributed by atoms with Gasteiger partial charge in [0.2, 0.25) is 5.95 Å². The molecule has 1 aromatic carbocycles. The van der Waals surface area contributed by atoms with E-state index in [1.165, 1.54) is 11.0 Å². The summed E-state index contributed by atoms with van der Waals surface area (Å²) < 4.78 is 54.9. The number of ether oxygens (including phenoxy) is 1. The molecule has 2 aromatic rings. The van der Waals surface area contributed by atoms with Crippen molar-refractivity contribution in [2.75, 3.05) is 19.0 Å². The Morgan fingerprint density at radius 2 is 1.83 bits per heavy atom. The van der Waals surface area contributed by atoms with Gasteiger partial charge < -0.3 is 15.0 Å². The first-order valence-corrected chi connectivity index (χ1v) is 8.82. The number of nitrogens with zero attached hydrogens (tertiary/aromatic N) is 2. The van der Waals surface area contributed by atoms with E-state index in [-0.39, 0.29) is 17.2 Å². The fourth-order valence-electron chi connectivity index (χ4n) is 2.68. The molecular weight excluding hydrogens is 408 g/mol. The molecule has 1 amide bonds. The fourth-order valence-corrected chi connectivity index (χ4v) is 2.68. The van der Waals surface area contributed by atoms with Crippen LogP contribution in [0.4, 0.5) is 23.5 Å². The summed E-state index contributed by atoms with van der Waals surface area (Å²) in [6.45, 7) is 5.27. The van der Waals surface area contributed by atoms with Crippen molar-refractivity contribution in [3.05, 3.63) is 51.7 Å². The lowest BCUT2D eigenvalue weighted by Crippen LogP contribution is -2.37. The lowest BCUT2D eigenvalue weighted by atomic mass is 9.82. The van der Waals surface area contributed by atoms with E-state index in [1.54, 1.807) is 34.9 Å². The van der Waals surface area contributed by atoms with Gasteiger partial charge in [-0.25, -0.2) is 9.37 Å². The number of anilines is 1. The summed E-state index contributed by atoms with van der Waals surface area (Å²) in [5.74, 6) is -2.73. The summed E-state index contributed by atoms with van der Waals surface area (Å²) in [5, 5.41) is 2.68. The summed E-state index contributed by atoms with van der Waals surface area (Å²) in [5.41, 5.74) is -1.12. The van der Waals surface area contributed by atoms with E-state index in [1.807, 2.05) is 0 Å². The van der Waals surface area contributed by atoms with E-state index in [0.29, 0.717) is 0 Å². The van der Waals surface area contributed by atoms with E-state index in [4.69, 9.17) is 0 Å². The van der Waals surface area contributed by atoms with Gasteiger partial charge in [0.05, 0.1) is 6.04 Å². The number of carbonyl (C=O) groups excluding carboxylic acids is 1. The highest BCUT2D eigenvalue weighted by Gasteiger charge is 2.34. The number of amides is 1. The zero-order valence-corrected chi connectivity index (χ0v) is 17.0. The Kier molecular flexibility index (Phi) is 6.43. The number of aromatic nitrogens is 2. The molecule has 0 radical (unpaired) electrons. The van der Waals surface area contributed by atoms with Gasteiger partial charge in [-0.2, -0.15) is 0 Å². The SMILES string of the molecule is CN(C)c1nc(C(=O)NC(c2ccc(OC(F)(F)F)c(F)c2)C(C)(C)C)cc(=O)[nH]1. The molecule has 1 atom stereocenters. The third-order valence-corrected chi connectivity index (χ3v) is 4.04. The Balaban J connectivity index is 2.37. The lowest BCUT2D eigenvalue weighted by Gasteiger charge is -2.32. The molecule has 0 aliphatic rings. The Morgan fingerprint density at radius 1 is 1.20 bits per heavy atom. The number of hydrogen-bond acceptors (Lipinski definition) is 5. The number of alkyl halides is 3. The zero-order valence-electron chi connectivity index (χ0n) is 17.0. The van der Waals surface area contributed by atoms with Crippen LogP contribution in [0.2, 0.25) is 0 Å². The van der Waals surface area contributed by atoms with Crippen molar-refractivity contribution in [2.45, 2.75) is 33.2 Å². The zero-order chi connectivity index (χ0) is 22.9. The van der Waals surface area contributed by atoms with Crippen LogP contribution >= 0.6 is 0 Å². The Hall–Kier alpha value is -3.11. The van der Waals surface area contributed by atoms with Crippen molar-refractivity contribution >= 4 is 11.9 Å². The van der Waals surface area contributed by atoms with Gasteiger partial charge in [-0.05, 0) is 23.1 Å². The highest BCUT2D eigenvalue weighted by Crippen LogP contribution is 2.35. The lowest BCUT2D eigenvalue weighted by molar-refractivity contribution is -0.275. The summed E-state index contributed by atoms with van der Waals surface area (Å²) in [4.78, 5) is 32.6. The van der Waals surface area contributed by atoms with Gasteiger partial charge in [-0.15, -0.1) is 13.2 Å². The molecule has 2 N–H and O–H groups in total. The summed E-state index contributed by atoms with van der Waals surface area (Å²) >= 11 is 0. The van der Waals surface area contributed by atoms with Crippen molar-refractivity contribution in [3.8, 4) is 5.75 Å². The second kappa shape index (κ2) is 8.33. The van der Waals surface area contributed by atoms with Crippen molar-refractivity contribution in [1.82, 2.24) is 15.3 Å².